The minimum absolute atomic E-state index is 0.183. The van der Waals surface area contributed by atoms with Crippen molar-refractivity contribution in [3.8, 4) is 0 Å². The summed E-state index contributed by atoms with van der Waals surface area (Å²) >= 11 is 0. The fourth-order valence-corrected chi connectivity index (χ4v) is 1.55. The first-order valence-electron chi connectivity index (χ1n) is 5.70. The molecule has 0 bridgehead atoms. The summed E-state index contributed by atoms with van der Waals surface area (Å²) in [5.74, 6) is 0. The van der Waals surface area contributed by atoms with E-state index in [9.17, 15) is 10.1 Å². The van der Waals surface area contributed by atoms with Gasteiger partial charge in [0.1, 0.15) is 0 Å². The summed E-state index contributed by atoms with van der Waals surface area (Å²) in [7, 11) is 0. The maximum atomic E-state index is 10.8. The number of nitrogens with zero attached hydrogens (tertiary/aromatic N) is 1. The van der Waals surface area contributed by atoms with E-state index in [0.29, 0.717) is 5.56 Å². The van der Waals surface area contributed by atoms with Crippen LogP contribution in [-0.2, 0) is 0 Å². The predicted octanol–water partition coefficient (Wildman–Crippen LogP) is 3.67. The topological polar surface area (TPSA) is 55.2 Å². The Bertz CT molecular complexity index is 434. The van der Waals surface area contributed by atoms with Crippen molar-refractivity contribution in [3.05, 3.63) is 33.4 Å². The summed E-state index contributed by atoms with van der Waals surface area (Å²) in [6.07, 6.45) is 0. The van der Waals surface area contributed by atoms with Gasteiger partial charge < -0.3 is 5.32 Å². The molecule has 0 spiro atoms. The summed E-state index contributed by atoms with van der Waals surface area (Å²) in [5, 5.41) is 14.1. The highest BCUT2D eigenvalue weighted by atomic mass is 16.6. The van der Waals surface area contributed by atoms with Gasteiger partial charge in [-0.15, -0.1) is 0 Å². The third kappa shape index (κ3) is 3.73. The third-order valence-electron chi connectivity index (χ3n) is 2.55. The zero-order valence-corrected chi connectivity index (χ0v) is 11.1. The van der Waals surface area contributed by atoms with E-state index in [-0.39, 0.29) is 16.0 Å². The van der Waals surface area contributed by atoms with Crippen molar-refractivity contribution in [1.29, 1.82) is 0 Å². The van der Waals surface area contributed by atoms with Gasteiger partial charge in [0, 0.05) is 23.9 Å². The van der Waals surface area contributed by atoms with E-state index in [2.05, 4.69) is 26.1 Å². The second-order valence-corrected chi connectivity index (χ2v) is 5.62. The van der Waals surface area contributed by atoms with E-state index in [0.717, 1.165) is 17.8 Å². The summed E-state index contributed by atoms with van der Waals surface area (Å²) in [5.41, 5.74) is 2.94. The van der Waals surface area contributed by atoms with Gasteiger partial charge in [-0.3, -0.25) is 10.1 Å². The Kier molecular flexibility index (Phi) is 3.76. The molecular weight excluding hydrogens is 216 g/mol. The van der Waals surface area contributed by atoms with Crippen molar-refractivity contribution < 1.29 is 4.92 Å². The van der Waals surface area contributed by atoms with Gasteiger partial charge in [-0.05, 0) is 30.9 Å². The highest BCUT2D eigenvalue weighted by Gasteiger charge is 2.15. The van der Waals surface area contributed by atoms with Gasteiger partial charge in [0.2, 0.25) is 0 Å². The van der Waals surface area contributed by atoms with Gasteiger partial charge in [-0.25, -0.2) is 0 Å². The highest BCUT2D eigenvalue weighted by molar-refractivity contribution is 5.59. The molecule has 0 atom stereocenters. The van der Waals surface area contributed by atoms with E-state index in [1.54, 1.807) is 13.0 Å². The molecule has 17 heavy (non-hydrogen) atoms. The molecule has 0 amide bonds. The van der Waals surface area contributed by atoms with Crippen molar-refractivity contribution in [2.75, 3.05) is 11.9 Å². The van der Waals surface area contributed by atoms with Crippen molar-refractivity contribution in [2.45, 2.75) is 34.6 Å². The third-order valence-corrected chi connectivity index (χ3v) is 2.55. The minimum Gasteiger partial charge on any atom is -0.384 e. The smallest absolute Gasteiger partial charge is 0.272 e. The molecule has 0 radical (unpaired) electrons. The fraction of sp³-hybridized carbons (Fsp3) is 0.538. The van der Waals surface area contributed by atoms with E-state index in [4.69, 9.17) is 0 Å². The Hall–Kier alpha value is -1.58. The highest BCUT2D eigenvalue weighted by Crippen LogP contribution is 2.26. The zero-order valence-electron chi connectivity index (χ0n) is 11.1. The normalized spacial score (nSPS) is 11.4. The van der Waals surface area contributed by atoms with Crippen LogP contribution in [0.2, 0.25) is 0 Å². The number of hydrogen-bond donors (Lipinski definition) is 1. The Morgan fingerprint density at radius 3 is 2.29 bits per heavy atom. The van der Waals surface area contributed by atoms with Crippen LogP contribution in [0, 0.1) is 29.4 Å². The van der Waals surface area contributed by atoms with E-state index >= 15 is 0 Å². The fourth-order valence-electron chi connectivity index (χ4n) is 1.55. The monoisotopic (exact) mass is 236 g/mol. The summed E-state index contributed by atoms with van der Waals surface area (Å²) in [6.45, 7) is 10.9. The zero-order chi connectivity index (χ0) is 13.2. The number of rotatable bonds is 3. The minimum atomic E-state index is -0.337. The van der Waals surface area contributed by atoms with Gasteiger partial charge in [-0.1, -0.05) is 20.8 Å². The molecule has 0 aliphatic heterocycles. The van der Waals surface area contributed by atoms with E-state index in [1.165, 1.54) is 0 Å². The van der Waals surface area contributed by atoms with Crippen LogP contribution in [0.15, 0.2) is 12.1 Å². The van der Waals surface area contributed by atoms with Crippen LogP contribution in [0.4, 0.5) is 11.4 Å². The maximum absolute atomic E-state index is 10.8. The first kappa shape index (κ1) is 13.5. The van der Waals surface area contributed by atoms with E-state index in [1.807, 2.05) is 13.0 Å². The average Bonchev–Trinajstić information content (AvgIpc) is 2.17. The van der Waals surface area contributed by atoms with Gasteiger partial charge in [-0.2, -0.15) is 0 Å². The Balaban J connectivity index is 2.96. The maximum Gasteiger partial charge on any atom is 0.272 e. The van der Waals surface area contributed by atoms with Crippen LogP contribution >= 0.6 is 0 Å². The molecule has 1 rings (SSSR count). The molecular formula is C13H20N2O2. The number of hydrogen-bond acceptors (Lipinski definition) is 3. The molecule has 0 aliphatic rings. The first-order chi connectivity index (χ1) is 7.70. The number of nitro benzene ring substituents is 1. The van der Waals surface area contributed by atoms with Crippen molar-refractivity contribution >= 4 is 11.4 Å². The summed E-state index contributed by atoms with van der Waals surface area (Å²) in [6, 6.07) is 3.47. The second-order valence-electron chi connectivity index (χ2n) is 5.62. The van der Waals surface area contributed by atoms with Gasteiger partial charge in [0.15, 0.2) is 0 Å². The molecule has 0 unspecified atom stereocenters. The average molecular weight is 236 g/mol. The Labute approximate surface area is 102 Å². The van der Waals surface area contributed by atoms with Crippen LogP contribution in [0.25, 0.3) is 0 Å². The lowest BCUT2D eigenvalue weighted by Crippen LogP contribution is -2.19. The molecule has 0 aliphatic carbocycles. The second kappa shape index (κ2) is 4.73. The first-order valence-corrected chi connectivity index (χ1v) is 5.70. The molecule has 4 nitrogen and oxygen atoms in total. The Morgan fingerprint density at radius 2 is 1.82 bits per heavy atom. The number of benzene rings is 1. The molecule has 0 saturated heterocycles. The molecule has 1 aromatic carbocycles. The van der Waals surface area contributed by atoms with Gasteiger partial charge >= 0.3 is 0 Å². The predicted molar refractivity (Wildman–Crippen MR) is 70.5 cm³/mol. The Morgan fingerprint density at radius 1 is 1.24 bits per heavy atom. The number of aryl methyl sites for hydroxylation is 2. The standard InChI is InChI=1S/C13H20N2O2/c1-9-7-12(15(16)17)10(2)6-11(9)14-8-13(3,4)5/h6-7,14H,8H2,1-5H3. The molecule has 94 valence electrons. The SMILES string of the molecule is Cc1cc([N+](=O)[O-])c(C)cc1NCC(C)(C)C. The number of anilines is 1. The molecule has 0 fully saturated rings. The lowest BCUT2D eigenvalue weighted by molar-refractivity contribution is -0.385. The van der Waals surface area contributed by atoms with E-state index < -0.39 is 0 Å². The molecule has 0 saturated carbocycles. The number of nitro groups is 1. The summed E-state index contributed by atoms with van der Waals surface area (Å²) in [4.78, 5) is 10.5. The van der Waals surface area contributed by atoms with Crippen LogP contribution in [0.5, 0.6) is 0 Å². The van der Waals surface area contributed by atoms with Crippen LogP contribution in [-0.4, -0.2) is 11.5 Å². The summed E-state index contributed by atoms with van der Waals surface area (Å²) < 4.78 is 0. The van der Waals surface area contributed by atoms with Crippen molar-refractivity contribution in [1.82, 2.24) is 0 Å². The van der Waals surface area contributed by atoms with Crippen molar-refractivity contribution in [2.24, 2.45) is 5.41 Å². The molecule has 0 heterocycles. The van der Waals surface area contributed by atoms with Gasteiger partial charge in [0.25, 0.3) is 5.69 Å². The molecule has 1 N–H and O–H groups in total. The lowest BCUT2D eigenvalue weighted by Gasteiger charge is -2.20. The largest absolute Gasteiger partial charge is 0.384 e. The molecule has 1 aromatic rings. The number of nitrogens with one attached hydrogen (secondary N) is 1. The van der Waals surface area contributed by atoms with Crippen LogP contribution < -0.4 is 5.32 Å². The lowest BCUT2D eigenvalue weighted by atomic mass is 9.96. The van der Waals surface area contributed by atoms with Crippen LogP contribution in [0.3, 0.4) is 0 Å². The molecule has 4 heteroatoms. The molecule has 0 aromatic heterocycles. The quantitative estimate of drug-likeness (QED) is 0.643. The van der Waals surface area contributed by atoms with Crippen LogP contribution in [0.1, 0.15) is 31.9 Å². The van der Waals surface area contributed by atoms with Gasteiger partial charge in [0.05, 0.1) is 4.92 Å². The van der Waals surface area contributed by atoms with Crippen molar-refractivity contribution in [3.63, 3.8) is 0 Å².